The van der Waals surface area contributed by atoms with Gasteiger partial charge in [0.1, 0.15) is 0 Å². The summed E-state index contributed by atoms with van der Waals surface area (Å²) in [5, 5.41) is 15.6. The SMILES string of the molecule is COc1ccc(C2CC(c3ccc(C)cc3)Nc3nnnn32)c(OC)c1OC. The third-order valence-corrected chi connectivity index (χ3v) is 5.12. The molecule has 1 N–H and O–H groups in total. The molecule has 0 fully saturated rings. The predicted octanol–water partition coefficient (Wildman–Crippen LogP) is 3.15. The Labute approximate surface area is 163 Å². The summed E-state index contributed by atoms with van der Waals surface area (Å²) in [6.45, 7) is 2.08. The number of anilines is 1. The van der Waals surface area contributed by atoms with Crippen LogP contribution in [-0.2, 0) is 0 Å². The predicted molar refractivity (Wildman–Crippen MR) is 104 cm³/mol. The van der Waals surface area contributed by atoms with E-state index in [1.165, 1.54) is 11.1 Å². The monoisotopic (exact) mass is 381 g/mol. The van der Waals surface area contributed by atoms with Crippen molar-refractivity contribution in [2.24, 2.45) is 0 Å². The van der Waals surface area contributed by atoms with E-state index >= 15 is 0 Å². The van der Waals surface area contributed by atoms with Gasteiger partial charge in [-0.2, -0.15) is 0 Å². The Hall–Kier alpha value is -3.29. The minimum atomic E-state index is -0.118. The quantitative estimate of drug-likeness (QED) is 0.727. The van der Waals surface area contributed by atoms with Crippen molar-refractivity contribution in [2.75, 3.05) is 26.6 Å². The lowest BCUT2D eigenvalue weighted by Gasteiger charge is -2.32. The first kappa shape index (κ1) is 18.1. The van der Waals surface area contributed by atoms with Gasteiger partial charge in [-0.05, 0) is 41.5 Å². The summed E-state index contributed by atoms with van der Waals surface area (Å²) in [5.41, 5.74) is 3.35. The average molecular weight is 381 g/mol. The van der Waals surface area contributed by atoms with Crippen LogP contribution in [-0.4, -0.2) is 41.5 Å². The lowest BCUT2D eigenvalue weighted by atomic mass is 9.92. The summed E-state index contributed by atoms with van der Waals surface area (Å²) in [4.78, 5) is 0. The van der Waals surface area contributed by atoms with Gasteiger partial charge >= 0.3 is 0 Å². The first-order chi connectivity index (χ1) is 13.7. The van der Waals surface area contributed by atoms with E-state index in [0.717, 1.165) is 12.0 Å². The number of methoxy groups -OCH3 is 3. The molecule has 1 aliphatic heterocycles. The molecule has 0 radical (unpaired) electrons. The molecule has 2 atom stereocenters. The van der Waals surface area contributed by atoms with Crippen LogP contribution in [0.25, 0.3) is 0 Å². The van der Waals surface area contributed by atoms with E-state index in [-0.39, 0.29) is 12.1 Å². The number of rotatable bonds is 5. The molecule has 8 heteroatoms. The first-order valence-electron chi connectivity index (χ1n) is 9.06. The van der Waals surface area contributed by atoms with Gasteiger partial charge in [0.2, 0.25) is 11.7 Å². The van der Waals surface area contributed by atoms with E-state index in [1.54, 1.807) is 26.0 Å². The van der Waals surface area contributed by atoms with Crippen molar-refractivity contribution in [1.82, 2.24) is 20.2 Å². The summed E-state index contributed by atoms with van der Waals surface area (Å²) in [7, 11) is 4.83. The second-order valence-electron chi connectivity index (χ2n) is 6.73. The number of benzene rings is 2. The van der Waals surface area contributed by atoms with E-state index in [2.05, 4.69) is 52.0 Å². The van der Waals surface area contributed by atoms with E-state index < -0.39 is 0 Å². The van der Waals surface area contributed by atoms with Gasteiger partial charge in [0, 0.05) is 5.56 Å². The highest BCUT2D eigenvalue weighted by molar-refractivity contribution is 5.57. The largest absolute Gasteiger partial charge is 0.493 e. The van der Waals surface area contributed by atoms with E-state index in [1.807, 2.05) is 12.1 Å². The van der Waals surface area contributed by atoms with Crippen LogP contribution in [0.15, 0.2) is 36.4 Å². The maximum absolute atomic E-state index is 5.70. The highest BCUT2D eigenvalue weighted by Crippen LogP contribution is 2.46. The maximum atomic E-state index is 5.70. The van der Waals surface area contributed by atoms with Gasteiger partial charge in [-0.15, -0.1) is 0 Å². The minimum absolute atomic E-state index is 0.0712. The van der Waals surface area contributed by atoms with Crippen molar-refractivity contribution in [1.29, 1.82) is 0 Å². The number of hydrogen-bond donors (Lipinski definition) is 1. The van der Waals surface area contributed by atoms with E-state index in [9.17, 15) is 0 Å². The second kappa shape index (κ2) is 7.38. The zero-order chi connectivity index (χ0) is 19.7. The molecule has 0 spiro atoms. The number of hydrogen-bond acceptors (Lipinski definition) is 7. The number of ether oxygens (including phenoxy) is 3. The summed E-state index contributed by atoms with van der Waals surface area (Å²) in [6.07, 6.45) is 0.757. The third kappa shape index (κ3) is 3.00. The molecule has 8 nitrogen and oxygen atoms in total. The zero-order valence-corrected chi connectivity index (χ0v) is 16.3. The molecule has 1 aliphatic rings. The third-order valence-electron chi connectivity index (χ3n) is 5.12. The molecule has 2 heterocycles. The number of aryl methyl sites for hydroxylation is 1. The van der Waals surface area contributed by atoms with Crippen molar-refractivity contribution >= 4 is 5.95 Å². The van der Waals surface area contributed by atoms with Gasteiger partial charge in [0.05, 0.1) is 33.4 Å². The Morgan fingerprint density at radius 1 is 0.964 bits per heavy atom. The van der Waals surface area contributed by atoms with Gasteiger partial charge in [0.25, 0.3) is 0 Å². The van der Waals surface area contributed by atoms with Crippen LogP contribution in [0.2, 0.25) is 0 Å². The Morgan fingerprint density at radius 3 is 2.39 bits per heavy atom. The topological polar surface area (TPSA) is 83.3 Å². The summed E-state index contributed by atoms with van der Waals surface area (Å²) < 4.78 is 18.5. The molecule has 146 valence electrons. The van der Waals surface area contributed by atoms with Crippen LogP contribution >= 0.6 is 0 Å². The Morgan fingerprint density at radius 2 is 1.71 bits per heavy atom. The minimum Gasteiger partial charge on any atom is -0.493 e. The molecule has 3 aromatic rings. The van der Waals surface area contributed by atoms with Gasteiger partial charge in [-0.1, -0.05) is 34.9 Å². The molecule has 28 heavy (non-hydrogen) atoms. The van der Waals surface area contributed by atoms with Crippen LogP contribution in [0.3, 0.4) is 0 Å². The second-order valence-corrected chi connectivity index (χ2v) is 6.73. The Balaban J connectivity index is 1.80. The van der Waals surface area contributed by atoms with Crippen molar-refractivity contribution < 1.29 is 14.2 Å². The highest BCUT2D eigenvalue weighted by Gasteiger charge is 2.33. The molecule has 0 amide bonds. The average Bonchev–Trinajstić information content (AvgIpc) is 3.21. The number of tetrazole rings is 1. The van der Waals surface area contributed by atoms with Crippen LogP contribution in [0.4, 0.5) is 5.95 Å². The number of fused-ring (bicyclic) bond motifs is 1. The van der Waals surface area contributed by atoms with Gasteiger partial charge in [-0.3, -0.25) is 0 Å². The zero-order valence-electron chi connectivity index (χ0n) is 16.3. The lowest BCUT2D eigenvalue weighted by Crippen LogP contribution is -2.28. The van der Waals surface area contributed by atoms with Crippen molar-refractivity contribution in [3.8, 4) is 17.2 Å². The molecule has 2 aromatic carbocycles. The van der Waals surface area contributed by atoms with Crippen LogP contribution in [0, 0.1) is 6.92 Å². The number of nitrogens with one attached hydrogen (secondary N) is 1. The molecule has 2 unspecified atom stereocenters. The number of aromatic nitrogens is 4. The molecule has 0 aliphatic carbocycles. The normalized spacial score (nSPS) is 18.1. The standard InChI is InChI=1S/C20H23N5O3/c1-12-5-7-13(8-6-12)15-11-16(25-20(21-15)22-23-24-25)14-9-10-17(26-2)19(28-4)18(14)27-3/h5-10,15-16H,11H2,1-4H3,(H,21,22,24). The first-order valence-corrected chi connectivity index (χ1v) is 9.06. The fourth-order valence-electron chi connectivity index (χ4n) is 3.70. The maximum Gasteiger partial charge on any atom is 0.243 e. The molecule has 4 rings (SSSR count). The molecular weight excluding hydrogens is 358 g/mol. The smallest absolute Gasteiger partial charge is 0.243 e. The molecule has 1 aromatic heterocycles. The fourth-order valence-corrected chi connectivity index (χ4v) is 3.70. The highest BCUT2D eigenvalue weighted by atomic mass is 16.5. The van der Waals surface area contributed by atoms with Gasteiger partial charge in [0.15, 0.2) is 11.5 Å². The van der Waals surface area contributed by atoms with Crippen LogP contribution in [0.1, 0.15) is 35.2 Å². The Bertz CT molecular complexity index is 970. The van der Waals surface area contributed by atoms with Gasteiger partial charge < -0.3 is 19.5 Å². The molecule has 0 saturated heterocycles. The van der Waals surface area contributed by atoms with Crippen molar-refractivity contribution in [2.45, 2.75) is 25.4 Å². The molecule has 0 saturated carbocycles. The van der Waals surface area contributed by atoms with Gasteiger partial charge in [-0.25, -0.2) is 4.68 Å². The number of nitrogens with zero attached hydrogens (tertiary/aromatic N) is 4. The van der Waals surface area contributed by atoms with E-state index in [4.69, 9.17) is 14.2 Å². The van der Waals surface area contributed by atoms with Crippen molar-refractivity contribution in [3.05, 3.63) is 53.1 Å². The molecular formula is C20H23N5O3. The summed E-state index contributed by atoms with van der Waals surface area (Å²) >= 11 is 0. The summed E-state index contributed by atoms with van der Waals surface area (Å²) in [6, 6.07) is 12.3. The van der Waals surface area contributed by atoms with Crippen LogP contribution in [0.5, 0.6) is 17.2 Å². The fraction of sp³-hybridized carbons (Fsp3) is 0.350. The molecule has 0 bridgehead atoms. The lowest BCUT2D eigenvalue weighted by molar-refractivity contribution is 0.315. The van der Waals surface area contributed by atoms with E-state index in [0.29, 0.717) is 23.2 Å². The van der Waals surface area contributed by atoms with Crippen molar-refractivity contribution in [3.63, 3.8) is 0 Å². The van der Waals surface area contributed by atoms with Crippen LogP contribution < -0.4 is 19.5 Å². The Kier molecular flexibility index (Phi) is 4.77. The summed E-state index contributed by atoms with van der Waals surface area (Å²) in [5.74, 6) is 2.42.